The molecule has 25 heavy (non-hydrogen) atoms. The highest BCUT2D eigenvalue weighted by atomic mass is 19.4. The molecule has 1 heterocycles. The Labute approximate surface area is 143 Å². The van der Waals surface area contributed by atoms with Crippen molar-refractivity contribution in [3.05, 3.63) is 60.2 Å². The first-order valence-corrected chi connectivity index (χ1v) is 7.69. The van der Waals surface area contributed by atoms with Gasteiger partial charge in [-0.05, 0) is 36.8 Å². The number of rotatable bonds is 4. The Balaban J connectivity index is 2.32. The van der Waals surface area contributed by atoms with E-state index in [-0.39, 0.29) is 12.1 Å². The molecule has 3 aromatic rings. The van der Waals surface area contributed by atoms with Gasteiger partial charge < -0.3 is 4.74 Å². The number of aryl methyl sites for hydroxylation is 1. The molecule has 130 valence electrons. The lowest BCUT2D eigenvalue weighted by Gasteiger charge is -2.10. The summed E-state index contributed by atoms with van der Waals surface area (Å²) in [6.45, 7) is 5.69. The third-order valence-corrected chi connectivity index (χ3v) is 4.07. The zero-order chi connectivity index (χ0) is 18.2. The summed E-state index contributed by atoms with van der Waals surface area (Å²) in [4.78, 5) is 0. The fourth-order valence-electron chi connectivity index (χ4n) is 2.95. The molecule has 3 nitrogen and oxygen atoms in total. The van der Waals surface area contributed by atoms with Crippen molar-refractivity contribution in [1.29, 1.82) is 0 Å². The SMILES string of the molecule is C=CCn1nc(-c2ccc(OC)cc2C)c2cccc(C(F)(F)F)c21. The van der Waals surface area contributed by atoms with Crippen LogP contribution in [-0.2, 0) is 12.7 Å². The maximum absolute atomic E-state index is 13.4. The van der Waals surface area contributed by atoms with Gasteiger partial charge in [0, 0.05) is 10.9 Å². The number of halogens is 3. The van der Waals surface area contributed by atoms with Crippen LogP contribution in [0, 0.1) is 6.92 Å². The van der Waals surface area contributed by atoms with Crippen molar-refractivity contribution in [3.8, 4) is 17.0 Å². The maximum Gasteiger partial charge on any atom is 0.418 e. The van der Waals surface area contributed by atoms with Crippen LogP contribution in [-0.4, -0.2) is 16.9 Å². The van der Waals surface area contributed by atoms with Gasteiger partial charge in [-0.1, -0.05) is 18.2 Å². The average molecular weight is 346 g/mol. The molecule has 0 aliphatic rings. The van der Waals surface area contributed by atoms with Gasteiger partial charge in [0.25, 0.3) is 0 Å². The normalized spacial score (nSPS) is 11.7. The van der Waals surface area contributed by atoms with Gasteiger partial charge in [-0.15, -0.1) is 6.58 Å². The quantitative estimate of drug-likeness (QED) is 0.605. The van der Waals surface area contributed by atoms with E-state index < -0.39 is 11.7 Å². The van der Waals surface area contributed by atoms with Gasteiger partial charge in [0.1, 0.15) is 11.4 Å². The van der Waals surface area contributed by atoms with Gasteiger partial charge in [0.2, 0.25) is 0 Å². The summed E-state index contributed by atoms with van der Waals surface area (Å²) in [5.74, 6) is 0.687. The van der Waals surface area contributed by atoms with Crippen molar-refractivity contribution in [1.82, 2.24) is 9.78 Å². The molecule has 0 aliphatic heterocycles. The van der Waals surface area contributed by atoms with Crippen LogP contribution in [0.2, 0.25) is 0 Å². The molecule has 0 bridgehead atoms. The summed E-state index contributed by atoms with van der Waals surface area (Å²) in [5.41, 5.74) is 1.54. The van der Waals surface area contributed by atoms with Gasteiger partial charge >= 0.3 is 6.18 Å². The zero-order valence-corrected chi connectivity index (χ0v) is 13.9. The molecule has 0 atom stereocenters. The molecule has 0 aliphatic carbocycles. The van der Waals surface area contributed by atoms with Crippen LogP contribution in [0.5, 0.6) is 5.75 Å². The summed E-state index contributed by atoms with van der Waals surface area (Å²) in [5, 5.41) is 4.91. The van der Waals surface area contributed by atoms with Crippen molar-refractivity contribution in [2.45, 2.75) is 19.6 Å². The van der Waals surface area contributed by atoms with Crippen LogP contribution < -0.4 is 4.74 Å². The molecular formula is C19H17F3N2O. The maximum atomic E-state index is 13.4. The van der Waals surface area contributed by atoms with Gasteiger partial charge in [0.05, 0.1) is 24.7 Å². The molecule has 0 N–H and O–H groups in total. The van der Waals surface area contributed by atoms with E-state index in [9.17, 15) is 13.2 Å². The molecule has 6 heteroatoms. The van der Waals surface area contributed by atoms with E-state index in [4.69, 9.17) is 4.74 Å². The molecule has 0 spiro atoms. The first-order chi connectivity index (χ1) is 11.9. The lowest BCUT2D eigenvalue weighted by atomic mass is 10.0. The monoisotopic (exact) mass is 346 g/mol. The summed E-state index contributed by atoms with van der Waals surface area (Å²) < 4.78 is 46.9. The standard InChI is InChI=1S/C19H17F3N2O/c1-4-10-24-18-15(6-5-7-16(18)19(20,21)22)17(23-24)14-9-8-13(25-3)11-12(14)2/h4-9,11H,1,10H2,2-3H3. The highest BCUT2D eigenvalue weighted by Crippen LogP contribution is 2.39. The van der Waals surface area contributed by atoms with Crippen LogP contribution in [0.4, 0.5) is 13.2 Å². The summed E-state index contributed by atoms with van der Waals surface area (Å²) in [6.07, 6.45) is -2.92. The van der Waals surface area contributed by atoms with Crippen molar-refractivity contribution in [3.63, 3.8) is 0 Å². The second-order valence-electron chi connectivity index (χ2n) is 5.70. The predicted molar refractivity (Wildman–Crippen MR) is 91.7 cm³/mol. The summed E-state index contributed by atoms with van der Waals surface area (Å²) >= 11 is 0. The molecule has 0 amide bonds. The molecule has 0 saturated carbocycles. The number of methoxy groups -OCH3 is 1. The number of nitrogens with zero attached hydrogens (tertiary/aromatic N) is 2. The number of fused-ring (bicyclic) bond motifs is 1. The summed E-state index contributed by atoms with van der Waals surface area (Å²) in [7, 11) is 1.57. The highest BCUT2D eigenvalue weighted by molar-refractivity contribution is 5.96. The topological polar surface area (TPSA) is 27.1 Å². The van der Waals surface area contributed by atoms with Crippen LogP contribution in [0.3, 0.4) is 0 Å². The minimum absolute atomic E-state index is 0.0696. The fourth-order valence-corrected chi connectivity index (χ4v) is 2.95. The Morgan fingerprint density at radius 1 is 1.24 bits per heavy atom. The summed E-state index contributed by atoms with van der Waals surface area (Å²) in [6, 6.07) is 9.57. The van der Waals surface area contributed by atoms with Crippen LogP contribution in [0.25, 0.3) is 22.2 Å². The smallest absolute Gasteiger partial charge is 0.418 e. The number of ether oxygens (including phenoxy) is 1. The first kappa shape index (κ1) is 17.1. The number of alkyl halides is 3. The molecule has 3 rings (SSSR count). The van der Waals surface area contributed by atoms with Crippen LogP contribution >= 0.6 is 0 Å². The van der Waals surface area contributed by atoms with E-state index in [1.807, 2.05) is 19.1 Å². The lowest BCUT2D eigenvalue weighted by molar-refractivity contribution is -0.136. The first-order valence-electron chi connectivity index (χ1n) is 7.69. The van der Waals surface area contributed by atoms with Gasteiger partial charge in [-0.3, -0.25) is 4.68 Å². The number of para-hydroxylation sites is 1. The number of benzene rings is 2. The lowest BCUT2D eigenvalue weighted by Crippen LogP contribution is -2.09. The Morgan fingerprint density at radius 3 is 2.60 bits per heavy atom. The van der Waals surface area contributed by atoms with Crippen molar-refractivity contribution < 1.29 is 17.9 Å². The minimum Gasteiger partial charge on any atom is -0.497 e. The molecule has 0 radical (unpaired) electrons. The van der Waals surface area contributed by atoms with E-state index in [1.54, 1.807) is 19.2 Å². The van der Waals surface area contributed by atoms with Crippen molar-refractivity contribution in [2.24, 2.45) is 0 Å². The Hall–Kier alpha value is -2.76. The molecule has 0 saturated heterocycles. The number of allylic oxidation sites excluding steroid dienone is 1. The zero-order valence-electron chi connectivity index (χ0n) is 13.9. The second kappa shape index (κ2) is 6.27. The fraction of sp³-hybridized carbons (Fsp3) is 0.211. The van der Waals surface area contributed by atoms with Gasteiger partial charge in [0.15, 0.2) is 0 Å². The van der Waals surface area contributed by atoms with Crippen LogP contribution in [0.1, 0.15) is 11.1 Å². The molecule has 0 unspecified atom stereocenters. The largest absolute Gasteiger partial charge is 0.497 e. The van der Waals surface area contributed by atoms with E-state index in [0.717, 1.165) is 17.2 Å². The van der Waals surface area contributed by atoms with Crippen LogP contribution in [0.15, 0.2) is 49.1 Å². The van der Waals surface area contributed by atoms with E-state index in [1.165, 1.54) is 16.8 Å². The van der Waals surface area contributed by atoms with Crippen molar-refractivity contribution in [2.75, 3.05) is 7.11 Å². The van der Waals surface area contributed by atoms with Gasteiger partial charge in [-0.2, -0.15) is 18.3 Å². The van der Waals surface area contributed by atoms with Crippen molar-refractivity contribution >= 4 is 10.9 Å². The Morgan fingerprint density at radius 2 is 2.00 bits per heavy atom. The molecule has 2 aromatic carbocycles. The Kier molecular flexibility index (Phi) is 4.29. The molecule has 0 fully saturated rings. The third-order valence-electron chi connectivity index (χ3n) is 4.07. The number of hydrogen-bond donors (Lipinski definition) is 0. The van der Waals surface area contributed by atoms with E-state index in [2.05, 4.69) is 11.7 Å². The predicted octanol–water partition coefficient (Wildman–Crippen LogP) is 5.23. The number of hydrogen-bond acceptors (Lipinski definition) is 2. The second-order valence-corrected chi connectivity index (χ2v) is 5.70. The average Bonchev–Trinajstić information content (AvgIpc) is 2.93. The van der Waals surface area contributed by atoms with Gasteiger partial charge in [-0.25, -0.2) is 0 Å². The van der Waals surface area contributed by atoms with E-state index in [0.29, 0.717) is 16.8 Å². The highest BCUT2D eigenvalue weighted by Gasteiger charge is 2.34. The Bertz CT molecular complexity index is 942. The number of aromatic nitrogens is 2. The van der Waals surface area contributed by atoms with E-state index >= 15 is 0 Å². The third kappa shape index (κ3) is 2.99. The minimum atomic E-state index is -4.45. The molecular weight excluding hydrogens is 329 g/mol. The molecule has 1 aromatic heterocycles.